The second-order valence-electron chi connectivity index (χ2n) is 4.92. The van der Waals surface area contributed by atoms with Crippen LogP contribution in [0.2, 0.25) is 0 Å². The molecule has 20 heavy (non-hydrogen) atoms. The molecule has 1 heterocycles. The van der Waals surface area contributed by atoms with E-state index < -0.39 is 6.04 Å². The maximum absolute atomic E-state index is 12.2. The van der Waals surface area contributed by atoms with Crippen LogP contribution in [0, 0.1) is 0 Å². The molecule has 1 aromatic heterocycles. The molecular weight excluding hydrogens is 256 g/mol. The monoisotopic (exact) mass is 274 g/mol. The number of carbonyl (C=O) groups is 1. The number of amides is 1. The van der Waals surface area contributed by atoms with Crippen LogP contribution in [0.1, 0.15) is 13.8 Å². The Balaban J connectivity index is 2.20. The van der Waals surface area contributed by atoms with Crippen molar-refractivity contribution in [3.63, 3.8) is 0 Å². The molecule has 1 amide bonds. The van der Waals surface area contributed by atoms with Crippen molar-refractivity contribution in [2.75, 3.05) is 0 Å². The molecule has 3 N–H and O–H groups in total. The molecule has 0 spiro atoms. The summed E-state index contributed by atoms with van der Waals surface area (Å²) in [5.41, 5.74) is 5.32. The zero-order chi connectivity index (χ0) is 14.7. The fourth-order valence-electron chi connectivity index (χ4n) is 1.94. The number of nitrogens with one attached hydrogen (secondary N) is 1. The van der Waals surface area contributed by atoms with Gasteiger partial charge in [-0.2, -0.15) is 5.10 Å². The van der Waals surface area contributed by atoms with Gasteiger partial charge in [0.15, 0.2) is 0 Å². The minimum absolute atomic E-state index is 0.162. The molecule has 0 saturated carbocycles. The predicted octanol–water partition coefficient (Wildman–Crippen LogP) is 0.248. The van der Waals surface area contributed by atoms with E-state index in [0.29, 0.717) is 11.9 Å². The molecule has 0 radical (unpaired) electrons. The molecule has 0 aliphatic carbocycles. The number of carbonyl (C=O) groups excluding carboxylic acids is 1. The Kier molecular flexibility index (Phi) is 4.14. The Morgan fingerprint density at radius 1 is 1.40 bits per heavy atom. The molecule has 6 nitrogen and oxygen atoms in total. The molecule has 2 rings (SSSR count). The smallest absolute Gasteiger partial charge is 0.274 e. The zero-order valence-electron chi connectivity index (χ0n) is 11.5. The minimum Gasteiger partial charge on any atom is -0.350 e. The molecule has 0 aliphatic rings. The number of nitrogens with two attached hydrogens (primary N) is 1. The van der Waals surface area contributed by atoms with E-state index in [9.17, 15) is 9.59 Å². The van der Waals surface area contributed by atoms with Crippen LogP contribution < -0.4 is 16.6 Å². The van der Waals surface area contributed by atoms with Gasteiger partial charge in [-0.05, 0) is 19.9 Å². The lowest BCUT2D eigenvalue weighted by molar-refractivity contribution is -0.122. The van der Waals surface area contributed by atoms with Gasteiger partial charge in [0, 0.05) is 11.4 Å². The summed E-state index contributed by atoms with van der Waals surface area (Å²) in [4.78, 5) is 23.7. The van der Waals surface area contributed by atoms with E-state index >= 15 is 0 Å². The fourth-order valence-corrected chi connectivity index (χ4v) is 1.94. The lowest BCUT2D eigenvalue weighted by Gasteiger charge is -2.16. The van der Waals surface area contributed by atoms with Crippen molar-refractivity contribution in [1.29, 1.82) is 0 Å². The molecule has 6 heteroatoms. The summed E-state index contributed by atoms with van der Waals surface area (Å²) in [6.07, 6.45) is 1.65. The molecule has 106 valence electrons. The Morgan fingerprint density at radius 2 is 2.10 bits per heavy atom. The van der Waals surface area contributed by atoms with Crippen LogP contribution in [-0.2, 0) is 11.3 Å². The standard InChI is InChI=1S/C14H18N4O2/c1-9(17-13(19)10(2)15)8-18-14(20)12-6-4-3-5-11(12)7-16-18/h3-7,9-10H,8,15H2,1-2H3,(H,17,19)/t9?,10-/m1/s1. The molecule has 1 unspecified atom stereocenters. The van der Waals surface area contributed by atoms with Crippen molar-refractivity contribution in [1.82, 2.24) is 15.1 Å². The van der Waals surface area contributed by atoms with Crippen LogP contribution in [0.3, 0.4) is 0 Å². The highest BCUT2D eigenvalue weighted by Crippen LogP contribution is 2.06. The zero-order valence-corrected chi connectivity index (χ0v) is 11.5. The summed E-state index contributed by atoms with van der Waals surface area (Å²) in [7, 11) is 0. The number of nitrogens with zero attached hydrogens (tertiary/aromatic N) is 2. The van der Waals surface area contributed by atoms with Crippen LogP contribution in [0.5, 0.6) is 0 Å². The van der Waals surface area contributed by atoms with Crippen LogP contribution in [-0.4, -0.2) is 27.8 Å². The van der Waals surface area contributed by atoms with Gasteiger partial charge in [-0.1, -0.05) is 18.2 Å². The molecule has 0 aliphatic heterocycles. The third-order valence-electron chi connectivity index (χ3n) is 3.01. The molecule has 0 fully saturated rings. The van der Waals surface area contributed by atoms with Gasteiger partial charge >= 0.3 is 0 Å². The van der Waals surface area contributed by atoms with Crippen molar-refractivity contribution < 1.29 is 4.79 Å². The fraction of sp³-hybridized carbons (Fsp3) is 0.357. The summed E-state index contributed by atoms with van der Waals surface area (Å²) >= 11 is 0. The Bertz CT molecular complexity index is 678. The van der Waals surface area contributed by atoms with Gasteiger partial charge in [-0.15, -0.1) is 0 Å². The number of hydrogen-bond acceptors (Lipinski definition) is 4. The normalized spacial score (nSPS) is 13.9. The van der Waals surface area contributed by atoms with E-state index in [1.54, 1.807) is 19.2 Å². The third kappa shape index (κ3) is 3.03. The molecule has 2 atom stereocenters. The third-order valence-corrected chi connectivity index (χ3v) is 3.01. The maximum atomic E-state index is 12.2. The maximum Gasteiger partial charge on any atom is 0.274 e. The number of rotatable bonds is 4. The highest BCUT2D eigenvalue weighted by atomic mass is 16.2. The van der Waals surface area contributed by atoms with Crippen molar-refractivity contribution in [2.24, 2.45) is 5.73 Å². The van der Waals surface area contributed by atoms with Gasteiger partial charge in [-0.25, -0.2) is 4.68 Å². The molecule has 0 saturated heterocycles. The Hall–Kier alpha value is -2.21. The highest BCUT2D eigenvalue weighted by Gasteiger charge is 2.13. The number of hydrogen-bond donors (Lipinski definition) is 2. The second kappa shape index (κ2) is 5.83. The van der Waals surface area contributed by atoms with E-state index in [1.807, 2.05) is 25.1 Å². The van der Waals surface area contributed by atoms with Gasteiger partial charge in [0.1, 0.15) is 0 Å². The van der Waals surface area contributed by atoms with Gasteiger partial charge in [-0.3, -0.25) is 9.59 Å². The van der Waals surface area contributed by atoms with Crippen LogP contribution in [0.25, 0.3) is 10.8 Å². The van der Waals surface area contributed by atoms with E-state index in [0.717, 1.165) is 5.39 Å². The minimum atomic E-state index is -0.571. The van der Waals surface area contributed by atoms with E-state index in [4.69, 9.17) is 5.73 Å². The summed E-state index contributed by atoms with van der Waals surface area (Å²) in [6.45, 7) is 3.73. The van der Waals surface area contributed by atoms with E-state index in [1.165, 1.54) is 4.68 Å². The molecule has 1 aromatic carbocycles. The van der Waals surface area contributed by atoms with Gasteiger partial charge in [0.05, 0.1) is 24.2 Å². The summed E-state index contributed by atoms with van der Waals surface area (Å²) in [5.74, 6) is -0.244. The molecular formula is C14H18N4O2. The first-order valence-electron chi connectivity index (χ1n) is 6.50. The first-order chi connectivity index (χ1) is 9.49. The quantitative estimate of drug-likeness (QED) is 0.836. The number of benzene rings is 1. The second-order valence-corrected chi connectivity index (χ2v) is 4.92. The Morgan fingerprint density at radius 3 is 2.80 bits per heavy atom. The van der Waals surface area contributed by atoms with Crippen molar-refractivity contribution >= 4 is 16.7 Å². The topological polar surface area (TPSA) is 90.0 Å². The molecule has 0 bridgehead atoms. The predicted molar refractivity (Wildman–Crippen MR) is 77.3 cm³/mol. The summed E-state index contributed by atoms with van der Waals surface area (Å²) < 4.78 is 1.36. The lowest BCUT2D eigenvalue weighted by atomic mass is 10.2. The van der Waals surface area contributed by atoms with Crippen LogP contribution in [0.4, 0.5) is 0 Å². The summed E-state index contributed by atoms with van der Waals surface area (Å²) in [6, 6.07) is 6.49. The van der Waals surface area contributed by atoms with Crippen LogP contribution in [0.15, 0.2) is 35.3 Å². The molecule has 2 aromatic rings. The van der Waals surface area contributed by atoms with Crippen molar-refractivity contribution in [2.45, 2.75) is 32.5 Å². The van der Waals surface area contributed by atoms with Crippen molar-refractivity contribution in [3.8, 4) is 0 Å². The van der Waals surface area contributed by atoms with E-state index in [-0.39, 0.29) is 17.5 Å². The van der Waals surface area contributed by atoms with Gasteiger partial charge < -0.3 is 11.1 Å². The van der Waals surface area contributed by atoms with Gasteiger partial charge in [0.25, 0.3) is 5.56 Å². The average Bonchev–Trinajstić information content (AvgIpc) is 2.42. The first-order valence-corrected chi connectivity index (χ1v) is 6.50. The average molecular weight is 274 g/mol. The lowest BCUT2D eigenvalue weighted by Crippen LogP contribution is -2.45. The van der Waals surface area contributed by atoms with Crippen molar-refractivity contribution in [3.05, 3.63) is 40.8 Å². The number of fused-ring (bicyclic) bond motifs is 1. The first kappa shape index (κ1) is 14.2. The van der Waals surface area contributed by atoms with E-state index in [2.05, 4.69) is 10.4 Å². The SMILES string of the molecule is CC(Cn1ncc2ccccc2c1=O)NC(=O)[C@@H](C)N. The summed E-state index contributed by atoms with van der Waals surface area (Å²) in [5, 5.41) is 8.28. The largest absolute Gasteiger partial charge is 0.350 e. The number of aromatic nitrogens is 2. The van der Waals surface area contributed by atoms with Crippen LogP contribution >= 0.6 is 0 Å². The Labute approximate surface area is 116 Å². The van der Waals surface area contributed by atoms with Gasteiger partial charge in [0.2, 0.25) is 5.91 Å². The highest BCUT2D eigenvalue weighted by molar-refractivity contribution is 5.81.